The van der Waals surface area contributed by atoms with Crippen LogP contribution in [0.1, 0.15) is 19.8 Å². The van der Waals surface area contributed by atoms with Crippen molar-refractivity contribution < 1.29 is 4.79 Å². The summed E-state index contributed by atoms with van der Waals surface area (Å²) >= 11 is 0. The third-order valence-electron chi connectivity index (χ3n) is 4.07. The normalized spacial score (nSPS) is 22.1. The van der Waals surface area contributed by atoms with E-state index >= 15 is 0 Å². The highest BCUT2D eigenvalue weighted by atomic mass is 16.2. The molecule has 2 N–H and O–H groups in total. The van der Waals surface area contributed by atoms with Crippen LogP contribution in [0.2, 0.25) is 0 Å². The molecule has 0 radical (unpaired) electrons. The molecule has 0 unspecified atom stereocenters. The fourth-order valence-electron chi connectivity index (χ4n) is 2.85. The number of carbonyl (C=O) groups is 1. The van der Waals surface area contributed by atoms with Crippen molar-refractivity contribution in [3.8, 4) is 0 Å². The first-order valence-corrected chi connectivity index (χ1v) is 7.41. The zero-order chi connectivity index (χ0) is 14.5. The summed E-state index contributed by atoms with van der Waals surface area (Å²) in [5.74, 6) is 0.636. The minimum absolute atomic E-state index is 0.140. The van der Waals surface area contributed by atoms with Crippen molar-refractivity contribution in [1.29, 1.82) is 0 Å². The number of hydrogen-bond acceptors (Lipinski definition) is 3. The van der Waals surface area contributed by atoms with Crippen LogP contribution in [-0.2, 0) is 4.79 Å². The number of likely N-dealkylation sites (N-methyl/N-ethyl adjacent to an activating group) is 1. The molecule has 1 aliphatic heterocycles. The quantitative estimate of drug-likeness (QED) is 0.890. The average molecular weight is 275 g/mol. The van der Waals surface area contributed by atoms with Gasteiger partial charge in [-0.2, -0.15) is 0 Å². The predicted molar refractivity (Wildman–Crippen MR) is 82.7 cm³/mol. The van der Waals surface area contributed by atoms with Crippen molar-refractivity contribution >= 4 is 11.6 Å². The topological polar surface area (TPSA) is 49.6 Å². The minimum Gasteiger partial charge on any atom is -0.365 e. The smallest absolute Gasteiger partial charge is 0.242 e. The highest BCUT2D eigenvalue weighted by Crippen LogP contribution is 2.21. The van der Waals surface area contributed by atoms with Crippen LogP contribution in [0.3, 0.4) is 0 Å². The molecule has 2 atom stereocenters. The molecule has 20 heavy (non-hydrogen) atoms. The maximum Gasteiger partial charge on any atom is 0.242 e. The number of nitrogens with zero attached hydrogens (tertiary/aromatic N) is 2. The van der Waals surface area contributed by atoms with E-state index in [0.717, 1.165) is 25.1 Å². The lowest BCUT2D eigenvalue weighted by Crippen LogP contribution is -2.39. The van der Waals surface area contributed by atoms with Gasteiger partial charge in [-0.15, -0.1) is 0 Å². The molecule has 1 aliphatic rings. The van der Waals surface area contributed by atoms with E-state index in [4.69, 9.17) is 5.73 Å². The molecule has 1 saturated heterocycles. The van der Waals surface area contributed by atoms with Crippen LogP contribution < -0.4 is 10.6 Å². The zero-order valence-electron chi connectivity index (χ0n) is 12.5. The first-order valence-electron chi connectivity index (χ1n) is 7.41. The molecule has 1 aromatic carbocycles. The van der Waals surface area contributed by atoms with Gasteiger partial charge in [0.15, 0.2) is 0 Å². The predicted octanol–water partition coefficient (Wildman–Crippen LogP) is 1.71. The molecule has 0 aliphatic carbocycles. The van der Waals surface area contributed by atoms with Crippen LogP contribution in [0.5, 0.6) is 0 Å². The minimum atomic E-state index is 0.140. The van der Waals surface area contributed by atoms with Crippen LogP contribution >= 0.6 is 0 Å². The largest absolute Gasteiger partial charge is 0.365 e. The fraction of sp³-hybridized carbons (Fsp3) is 0.562. The molecule has 0 bridgehead atoms. The van der Waals surface area contributed by atoms with Gasteiger partial charge in [-0.3, -0.25) is 4.79 Å². The number of rotatable bonds is 5. The molecule has 1 aromatic rings. The van der Waals surface area contributed by atoms with Crippen molar-refractivity contribution in [3.05, 3.63) is 30.3 Å². The van der Waals surface area contributed by atoms with Gasteiger partial charge < -0.3 is 15.5 Å². The van der Waals surface area contributed by atoms with E-state index in [-0.39, 0.29) is 11.9 Å². The molecule has 1 amide bonds. The first kappa shape index (κ1) is 14.9. The third kappa shape index (κ3) is 3.51. The molecule has 0 aromatic heterocycles. The second kappa shape index (κ2) is 6.75. The lowest BCUT2D eigenvalue weighted by molar-refractivity contribution is -0.128. The van der Waals surface area contributed by atoms with E-state index in [1.54, 1.807) is 0 Å². The van der Waals surface area contributed by atoms with Gasteiger partial charge in [-0.25, -0.2) is 0 Å². The lowest BCUT2D eigenvalue weighted by atomic mass is 9.99. The Bertz CT molecular complexity index is 435. The van der Waals surface area contributed by atoms with Crippen LogP contribution in [0.25, 0.3) is 0 Å². The standard InChI is InChI=1S/C16H25N3O/c1-3-7-13-10-19(11-15(13)17)16(20)12-18(2)14-8-5-4-6-9-14/h4-6,8-9,13,15H,3,7,10-12,17H2,1-2H3/t13-,15-/m0/s1. The number of nitrogens with two attached hydrogens (primary N) is 1. The number of anilines is 1. The van der Waals surface area contributed by atoms with Gasteiger partial charge >= 0.3 is 0 Å². The number of benzene rings is 1. The van der Waals surface area contributed by atoms with Gasteiger partial charge in [0.1, 0.15) is 0 Å². The summed E-state index contributed by atoms with van der Waals surface area (Å²) in [6, 6.07) is 10.1. The maximum absolute atomic E-state index is 12.4. The Morgan fingerprint density at radius 3 is 2.70 bits per heavy atom. The molecule has 1 fully saturated rings. The van der Waals surface area contributed by atoms with E-state index < -0.39 is 0 Å². The van der Waals surface area contributed by atoms with Gasteiger partial charge in [-0.1, -0.05) is 31.5 Å². The van der Waals surface area contributed by atoms with E-state index in [2.05, 4.69) is 6.92 Å². The molecule has 4 nitrogen and oxygen atoms in total. The lowest BCUT2D eigenvalue weighted by Gasteiger charge is -2.23. The van der Waals surface area contributed by atoms with Gasteiger partial charge in [0, 0.05) is 31.9 Å². The van der Waals surface area contributed by atoms with Crippen molar-refractivity contribution in [2.24, 2.45) is 11.7 Å². The van der Waals surface area contributed by atoms with E-state index in [0.29, 0.717) is 19.0 Å². The Hall–Kier alpha value is -1.55. The van der Waals surface area contributed by atoms with Crippen molar-refractivity contribution in [1.82, 2.24) is 4.90 Å². The third-order valence-corrected chi connectivity index (χ3v) is 4.07. The first-order chi connectivity index (χ1) is 9.61. The Morgan fingerprint density at radius 2 is 2.05 bits per heavy atom. The highest BCUT2D eigenvalue weighted by Gasteiger charge is 2.32. The number of amides is 1. The summed E-state index contributed by atoms with van der Waals surface area (Å²) in [6.07, 6.45) is 2.24. The second-order valence-electron chi connectivity index (χ2n) is 5.70. The summed E-state index contributed by atoms with van der Waals surface area (Å²) < 4.78 is 0. The molecule has 0 spiro atoms. The molecule has 110 valence electrons. The molecular formula is C16H25N3O. The molecule has 4 heteroatoms. The number of hydrogen-bond donors (Lipinski definition) is 1. The van der Waals surface area contributed by atoms with Crippen molar-refractivity contribution in [2.75, 3.05) is 31.6 Å². The van der Waals surface area contributed by atoms with E-state index in [1.807, 2.05) is 47.2 Å². The van der Waals surface area contributed by atoms with Crippen molar-refractivity contribution in [2.45, 2.75) is 25.8 Å². The average Bonchev–Trinajstić information content (AvgIpc) is 2.82. The Labute approximate surface area is 121 Å². The summed E-state index contributed by atoms with van der Waals surface area (Å²) in [5.41, 5.74) is 7.19. The summed E-state index contributed by atoms with van der Waals surface area (Å²) in [6.45, 7) is 4.10. The van der Waals surface area contributed by atoms with Crippen LogP contribution in [-0.4, -0.2) is 43.5 Å². The second-order valence-corrected chi connectivity index (χ2v) is 5.70. The van der Waals surface area contributed by atoms with E-state index in [1.165, 1.54) is 0 Å². The summed E-state index contributed by atoms with van der Waals surface area (Å²) in [7, 11) is 1.95. The number of para-hydroxylation sites is 1. The summed E-state index contributed by atoms with van der Waals surface area (Å²) in [5, 5.41) is 0. The highest BCUT2D eigenvalue weighted by molar-refractivity contribution is 5.81. The SMILES string of the molecule is CCC[C@H]1CN(C(=O)CN(C)c2ccccc2)C[C@@H]1N. The maximum atomic E-state index is 12.4. The molecule has 1 heterocycles. The van der Waals surface area contributed by atoms with E-state index in [9.17, 15) is 4.79 Å². The van der Waals surface area contributed by atoms with Gasteiger partial charge in [0.05, 0.1) is 6.54 Å². The molecular weight excluding hydrogens is 250 g/mol. The fourth-order valence-corrected chi connectivity index (χ4v) is 2.85. The Morgan fingerprint density at radius 1 is 1.35 bits per heavy atom. The van der Waals surface area contributed by atoms with Crippen LogP contribution in [0.4, 0.5) is 5.69 Å². The van der Waals surface area contributed by atoms with Crippen LogP contribution in [0, 0.1) is 5.92 Å². The van der Waals surface area contributed by atoms with Gasteiger partial charge in [0.2, 0.25) is 5.91 Å². The summed E-state index contributed by atoms with van der Waals surface area (Å²) in [4.78, 5) is 16.3. The van der Waals surface area contributed by atoms with Gasteiger partial charge in [0.25, 0.3) is 0 Å². The zero-order valence-corrected chi connectivity index (χ0v) is 12.5. The monoisotopic (exact) mass is 275 g/mol. The number of likely N-dealkylation sites (tertiary alicyclic amines) is 1. The Kier molecular flexibility index (Phi) is 5.01. The molecule has 0 saturated carbocycles. The number of carbonyl (C=O) groups excluding carboxylic acids is 1. The Balaban J connectivity index is 1.89. The van der Waals surface area contributed by atoms with Crippen LogP contribution in [0.15, 0.2) is 30.3 Å². The van der Waals surface area contributed by atoms with Crippen molar-refractivity contribution in [3.63, 3.8) is 0 Å². The van der Waals surface area contributed by atoms with Gasteiger partial charge in [-0.05, 0) is 24.5 Å². The molecule has 2 rings (SSSR count).